The summed E-state index contributed by atoms with van der Waals surface area (Å²) in [7, 11) is 0. The van der Waals surface area contributed by atoms with Crippen LogP contribution in [0.3, 0.4) is 0 Å². The van der Waals surface area contributed by atoms with Gasteiger partial charge >= 0.3 is 6.03 Å². The number of nitrogens with zero attached hydrogens (tertiary/aromatic N) is 4. The van der Waals surface area contributed by atoms with Crippen LogP contribution in [0.4, 0.5) is 4.79 Å². The van der Waals surface area contributed by atoms with Crippen LogP contribution in [0.25, 0.3) is 10.9 Å². The minimum Gasteiger partial charge on any atom is -0.352 e. The van der Waals surface area contributed by atoms with Crippen LogP contribution in [0.1, 0.15) is 44.9 Å². The summed E-state index contributed by atoms with van der Waals surface area (Å²) in [6.07, 6.45) is 7.15. The summed E-state index contributed by atoms with van der Waals surface area (Å²) < 4.78 is 1.09. The molecule has 2 fully saturated rings. The van der Waals surface area contributed by atoms with Gasteiger partial charge in [-0.1, -0.05) is 36.6 Å². The number of likely N-dealkylation sites (tertiary alicyclic amines) is 1. The third-order valence-corrected chi connectivity index (χ3v) is 6.00. The van der Waals surface area contributed by atoms with Gasteiger partial charge in [0.15, 0.2) is 0 Å². The monoisotopic (exact) mass is 412 g/mol. The smallest absolute Gasteiger partial charge is 0.317 e. The highest BCUT2D eigenvalue weighted by Crippen LogP contribution is 2.18. The van der Waals surface area contributed by atoms with Crippen molar-refractivity contribution in [3.8, 4) is 0 Å². The van der Waals surface area contributed by atoms with Gasteiger partial charge in [0.05, 0.1) is 5.39 Å². The Morgan fingerprint density at radius 1 is 0.967 bits per heavy atom. The molecule has 0 radical (unpaired) electrons. The summed E-state index contributed by atoms with van der Waals surface area (Å²) in [4.78, 5) is 39.2. The minimum absolute atomic E-state index is 0.00432. The number of nitrogens with one attached hydrogen (secondary N) is 2. The van der Waals surface area contributed by atoms with E-state index in [0.717, 1.165) is 17.5 Å². The minimum atomic E-state index is -0.329. The van der Waals surface area contributed by atoms with Gasteiger partial charge in [-0.15, -0.1) is 5.10 Å². The van der Waals surface area contributed by atoms with Crippen molar-refractivity contribution in [2.45, 2.75) is 63.6 Å². The zero-order chi connectivity index (χ0) is 20.9. The summed E-state index contributed by atoms with van der Waals surface area (Å²) in [5.41, 5.74) is 0.183. The molecule has 30 heavy (non-hydrogen) atoms. The van der Waals surface area contributed by atoms with Crippen LogP contribution < -0.4 is 16.2 Å². The summed E-state index contributed by atoms with van der Waals surface area (Å²) in [6, 6.07) is 7.22. The first-order chi connectivity index (χ1) is 14.6. The number of benzene rings is 1. The van der Waals surface area contributed by atoms with Crippen molar-refractivity contribution in [1.82, 2.24) is 30.5 Å². The normalized spacial score (nSPS) is 18.3. The number of fused-ring (bicyclic) bond motifs is 1. The molecule has 1 aromatic heterocycles. The van der Waals surface area contributed by atoms with Crippen molar-refractivity contribution >= 4 is 22.8 Å². The fourth-order valence-corrected chi connectivity index (χ4v) is 4.28. The van der Waals surface area contributed by atoms with E-state index in [4.69, 9.17) is 0 Å². The Morgan fingerprint density at radius 2 is 1.67 bits per heavy atom. The van der Waals surface area contributed by atoms with Crippen LogP contribution in [0, 0.1) is 0 Å². The average Bonchev–Trinajstić information content (AvgIpc) is 2.77. The number of aromatic nitrogens is 3. The molecule has 0 unspecified atom stereocenters. The van der Waals surface area contributed by atoms with Crippen molar-refractivity contribution in [2.24, 2.45) is 0 Å². The summed E-state index contributed by atoms with van der Waals surface area (Å²) >= 11 is 0. The SMILES string of the molecule is O=C(Cn1nnc2ccccc2c1=O)NC1CCN(C(=O)NC2CCCCC2)CC1. The molecule has 0 spiro atoms. The molecule has 2 N–H and O–H groups in total. The topological polar surface area (TPSA) is 109 Å². The van der Waals surface area contributed by atoms with E-state index in [1.54, 1.807) is 24.3 Å². The van der Waals surface area contributed by atoms with Gasteiger partial charge in [-0.2, -0.15) is 0 Å². The van der Waals surface area contributed by atoms with E-state index in [1.165, 1.54) is 19.3 Å². The molecule has 1 saturated heterocycles. The van der Waals surface area contributed by atoms with Crippen LogP contribution in [0.5, 0.6) is 0 Å². The van der Waals surface area contributed by atoms with Gasteiger partial charge in [-0.25, -0.2) is 9.48 Å². The molecular weight excluding hydrogens is 384 g/mol. The molecule has 3 amide bonds. The van der Waals surface area contributed by atoms with E-state index in [1.807, 2.05) is 4.90 Å². The van der Waals surface area contributed by atoms with Crippen molar-refractivity contribution in [3.05, 3.63) is 34.6 Å². The zero-order valence-corrected chi connectivity index (χ0v) is 17.0. The molecule has 2 aromatic rings. The lowest BCUT2D eigenvalue weighted by molar-refractivity contribution is -0.122. The zero-order valence-electron chi connectivity index (χ0n) is 17.0. The molecular formula is C21H28N6O3. The molecule has 1 aliphatic heterocycles. The molecule has 4 rings (SSSR count). The van der Waals surface area contributed by atoms with E-state index in [-0.39, 0.29) is 30.1 Å². The number of carbonyl (C=O) groups excluding carboxylic acids is 2. The Balaban J connectivity index is 1.26. The second kappa shape index (κ2) is 9.23. The van der Waals surface area contributed by atoms with Gasteiger partial charge in [-0.05, 0) is 37.8 Å². The first-order valence-corrected chi connectivity index (χ1v) is 10.8. The van der Waals surface area contributed by atoms with E-state index in [0.29, 0.717) is 42.9 Å². The lowest BCUT2D eigenvalue weighted by atomic mass is 9.95. The third-order valence-electron chi connectivity index (χ3n) is 6.00. The molecule has 160 valence electrons. The lowest BCUT2D eigenvalue weighted by Gasteiger charge is -2.34. The predicted molar refractivity (Wildman–Crippen MR) is 112 cm³/mol. The van der Waals surface area contributed by atoms with Gasteiger partial charge in [0.1, 0.15) is 12.1 Å². The first-order valence-electron chi connectivity index (χ1n) is 10.8. The lowest BCUT2D eigenvalue weighted by Crippen LogP contribution is -2.52. The standard InChI is InChI=1S/C21H28N6O3/c28-19(14-27-20(29)17-8-4-5-9-18(17)24-25-27)22-16-10-12-26(13-11-16)21(30)23-15-6-2-1-3-7-15/h4-5,8-9,15-16H,1-3,6-7,10-14H2,(H,22,28)(H,23,30). The molecule has 0 atom stereocenters. The molecule has 1 saturated carbocycles. The molecule has 0 bridgehead atoms. The van der Waals surface area contributed by atoms with E-state index in [2.05, 4.69) is 20.9 Å². The van der Waals surface area contributed by atoms with E-state index < -0.39 is 0 Å². The number of urea groups is 1. The third kappa shape index (κ3) is 4.77. The Kier molecular flexibility index (Phi) is 6.25. The van der Waals surface area contributed by atoms with Crippen LogP contribution >= 0.6 is 0 Å². The second-order valence-electron chi connectivity index (χ2n) is 8.18. The average molecular weight is 412 g/mol. The largest absolute Gasteiger partial charge is 0.352 e. The van der Waals surface area contributed by atoms with Gasteiger partial charge in [0.2, 0.25) is 5.91 Å². The summed E-state index contributed by atoms with van der Waals surface area (Å²) in [5.74, 6) is -0.271. The Morgan fingerprint density at radius 3 is 2.43 bits per heavy atom. The predicted octanol–water partition coefficient (Wildman–Crippen LogP) is 1.41. The van der Waals surface area contributed by atoms with Crippen molar-refractivity contribution in [1.29, 1.82) is 0 Å². The number of rotatable bonds is 4. The molecule has 1 aromatic carbocycles. The number of piperidine rings is 1. The van der Waals surface area contributed by atoms with Crippen molar-refractivity contribution < 1.29 is 9.59 Å². The Hall–Kier alpha value is -2.97. The highest BCUT2D eigenvalue weighted by molar-refractivity contribution is 5.78. The number of amides is 3. The molecule has 1 aliphatic carbocycles. The van der Waals surface area contributed by atoms with E-state index in [9.17, 15) is 14.4 Å². The van der Waals surface area contributed by atoms with Crippen LogP contribution in [-0.4, -0.2) is 57.0 Å². The maximum Gasteiger partial charge on any atom is 0.317 e. The Bertz CT molecular complexity index is 961. The van der Waals surface area contributed by atoms with Gasteiger partial charge in [0.25, 0.3) is 5.56 Å². The van der Waals surface area contributed by atoms with Gasteiger partial charge < -0.3 is 15.5 Å². The molecule has 9 nitrogen and oxygen atoms in total. The van der Waals surface area contributed by atoms with Crippen LogP contribution in [0.2, 0.25) is 0 Å². The maximum atomic E-state index is 12.5. The molecule has 2 heterocycles. The highest BCUT2D eigenvalue weighted by atomic mass is 16.2. The van der Waals surface area contributed by atoms with Crippen LogP contribution in [-0.2, 0) is 11.3 Å². The molecule has 2 aliphatic rings. The Labute approximate surface area is 174 Å². The second-order valence-corrected chi connectivity index (χ2v) is 8.18. The first kappa shape index (κ1) is 20.3. The number of hydrogen-bond donors (Lipinski definition) is 2. The summed E-state index contributed by atoms with van der Waals surface area (Å²) in [5, 5.41) is 14.4. The van der Waals surface area contributed by atoms with Crippen molar-refractivity contribution in [3.63, 3.8) is 0 Å². The quantitative estimate of drug-likeness (QED) is 0.789. The molecule has 9 heteroatoms. The van der Waals surface area contributed by atoms with Crippen LogP contribution in [0.15, 0.2) is 29.1 Å². The van der Waals surface area contributed by atoms with Gasteiger partial charge in [0, 0.05) is 25.2 Å². The maximum absolute atomic E-state index is 12.5. The summed E-state index contributed by atoms with van der Waals surface area (Å²) in [6.45, 7) is 1.05. The number of hydrogen-bond acceptors (Lipinski definition) is 5. The van der Waals surface area contributed by atoms with Gasteiger partial charge in [-0.3, -0.25) is 9.59 Å². The van der Waals surface area contributed by atoms with E-state index >= 15 is 0 Å². The fourth-order valence-electron chi connectivity index (χ4n) is 4.28. The highest BCUT2D eigenvalue weighted by Gasteiger charge is 2.26. The van der Waals surface area contributed by atoms with Crippen molar-refractivity contribution in [2.75, 3.05) is 13.1 Å². The number of carbonyl (C=O) groups is 2. The fraction of sp³-hybridized carbons (Fsp3) is 0.571.